The largest absolute Gasteiger partial charge is 0.456 e. The number of terminal acetylenes is 1. The normalized spacial score (nSPS) is 15.7. The molecule has 0 saturated carbocycles. The Morgan fingerprint density at radius 2 is 1.73 bits per heavy atom. The molecule has 0 atom stereocenters. The van der Waals surface area contributed by atoms with Gasteiger partial charge in [-0.25, -0.2) is 4.99 Å². The second-order valence-electron chi connectivity index (χ2n) is 8.73. The Morgan fingerprint density at radius 3 is 2.49 bits per heavy atom. The van der Waals surface area contributed by atoms with Crippen LogP contribution >= 0.6 is 0 Å². The number of benzene rings is 2. The molecule has 3 N–H and O–H groups in total. The molecule has 9 heteroatoms. The van der Waals surface area contributed by atoms with Crippen LogP contribution in [-0.4, -0.2) is 53.8 Å². The number of rotatable bonds is 3. The molecule has 2 aliphatic rings. The Morgan fingerprint density at radius 1 is 1.03 bits per heavy atom. The molecule has 3 aromatic rings. The zero-order chi connectivity index (χ0) is 26.6. The number of guanidine groups is 1. The third-order valence-electron chi connectivity index (χ3n) is 6.25. The van der Waals surface area contributed by atoms with Crippen LogP contribution in [-0.2, 0) is 9.59 Å². The van der Waals surface area contributed by atoms with Crippen LogP contribution in [0.4, 0.5) is 5.69 Å². The lowest BCUT2D eigenvalue weighted by atomic mass is 10.1. The van der Waals surface area contributed by atoms with Crippen molar-refractivity contribution >= 4 is 45.4 Å². The molecule has 2 fully saturated rings. The second kappa shape index (κ2) is 13.6. The van der Waals surface area contributed by atoms with Crippen molar-refractivity contribution in [3.63, 3.8) is 0 Å². The molecule has 9 nitrogen and oxygen atoms in total. The number of nitrogens with one attached hydrogen (secondary N) is 1. The first kappa shape index (κ1) is 27.1. The maximum absolute atomic E-state index is 11.9. The van der Waals surface area contributed by atoms with Crippen molar-refractivity contribution in [3.05, 3.63) is 42.5 Å². The Kier molecular flexibility index (Phi) is 9.92. The van der Waals surface area contributed by atoms with Gasteiger partial charge in [0, 0.05) is 42.9 Å². The number of nitriles is 1. The van der Waals surface area contributed by atoms with Crippen molar-refractivity contribution in [1.82, 2.24) is 15.1 Å². The van der Waals surface area contributed by atoms with Gasteiger partial charge in [-0.2, -0.15) is 5.26 Å². The highest BCUT2D eigenvalue weighted by Crippen LogP contribution is 2.31. The summed E-state index contributed by atoms with van der Waals surface area (Å²) in [5, 5.41) is 12.8. The lowest BCUT2D eigenvalue weighted by Gasteiger charge is -2.23. The van der Waals surface area contributed by atoms with E-state index in [1.165, 1.54) is 0 Å². The van der Waals surface area contributed by atoms with Crippen molar-refractivity contribution in [2.24, 2.45) is 10.7 Å². The van der Waals surface area contributed by atoms with E-state index in [2.05, 4.69) is 23.2 Å². The monoisotopic (exact) mass is 500 g/mol. The summed E-state index contributed by atoms with van der Waals surface area (Å²) in [5.41, 5.74) is 7.73. The van der Waals surface area contributed by atoms with Crippen molar-refractivity contribution in [2.75, 3.05) is 26.2 Å². The van der Waals surface area contributed by atoms with E-state index < -0.39 is 0 Å². The molecule has 5 rings (SSSR count). The Balaban J connectivity index is 0.000000195. The summed E-state index contributed by atoms with van der Waals surface area (Å²) in [4.78, 5) is 31.3. The van der Waals surface area contributed by atoms with Crippen LogP contribution in [0.1, 0.15) is 38.5 Å². The number of carbonyl (C=O) groups excluding carboxylic acids is 2. The van der Waals surface area contributed by atoms with Gasteiger partial charge in [-0.3, -0.25) is 14.9 Å². The quantitative estimate of drug-likeness (QED) is 0.185. The summed E-state index contributed by atoms with van der Waals surface area (Å²) in [6.45, 7) is 2.82. The maximum Gasteiger partial charge on any atom is 0.242 e. The number of nitrogens with zero attached hydrogens (tertiary/aromatic N) is 4. The Bertz CT molecular complexity index is 1310. The predicted octanol–water partition coefficient (Wildman–Crippen LogP) is 3.86. The zero-order valence-electron chi connectivity index (χ0n) is 20.9. The first-order valence-electron chi connectivity index (χ1n) is 12.3. The van der Waals surface area contributed by atoms with Gasteiger partial charge in [-0.15, -0.1) is 12.8 Å². The van der Waals surface area contributed by atoms with Crippen LogP contribution in [0.15, 0.2) is 51.9 Å². The molecule has 3 heterocycles. The Hall–Kier alpha value is -4.50. The molecular formula is C28H32N6O3. The zero-order valence-corrected chi connectivity index (χ0v) is 20.9. The molecule has 0 spiro atoms. The van der Waals surface area contributed by atoms with Crippen LogP contribution in [0.3, 0.4) is 0 Å². The van der Waals surface area contributed by atoms with Crippen LogP contribution in [0.2, 0.25) is 0 Å². The van der Waals surface area contributed by atoms with Gasteiger partial charge in [0.05, 0.1) is 12.2 Å². The van der Waals surface area contributed by atoms with Gasteiger partial charge in [0.15, 0.2) is 6.19 Å². The molecule has 1 aromatic heterocycles. The molecule has 2 amide bonds. The molecule has 2 aromatic carbocycles. The fourth-order valence-electron chi connectivity index (χ4n) is 4.44. The highest BCUT2D eigenvalue weighted by atomic mass is 16.3. The van der Waals surface area contributed by atoms with Crippen LogP contribution in [0.25, 0.3) is 21.9 Å². The second-order valence-corrected chi connectivity index (χ2v) is 8.73. The molecule has 2 aliphatic heterocycles. The molecule has 0 aliphatic carbocycles. The van der Waals surface area contributed by atoms with E-state index >= 15 is 0 Å². The summed E-state index contributed by atoms with van der Waals surface area (Å²) >= 11 is 0. The van der Waals surface area contributed by atoms with Crippen LogP contribution < -0.4 is 11.1 Å². The number of furan rings is 1. The van der Waals surface area contributed by atoms with E-state index in [4.69, 9.17) is 15.4 Å². The highest BCUT2D eigenvalue weighted by molar-refractivity contribution is 6.05. The van der Waals surface area contributed by atoms with Gasteiger partial charge >= 0.3 is 0 Å². The highest BCUT2D eigenvalue weighted by Gasteiger charge is 2.23. The number of carbonyl (C=O) groups is 2. The number of aliphatic imine (C=N–C) groups is 1. The van der Waals surface area contributed by atoms with E-state index in [0.717, 1.165) is 73.7 Å². The minimum atomic E-state index is 0.0537. The van der Waals surface area contributed by atoms with Crippen molar-refractivity contribution in [1.29, 1.82) is 5.26 Å². The maximum atomic E-state index is 11.9. The summed E-state index contributed by atoms with van der Waals surface area (Å²) in [5.74, 6) is 0.343. The molecule has 192 valence electrons. The van der Waals surface area contributed by atoms with Gasteiger partial charge in [0.25, 0.3) is 0 Å². The van der Waals surface area contributed by atoms with Gasteiger partial charge in [0.1, 0.15) is 11.2 Å². The van der Waals surface area contributed by atoms with E-state index in [1.807, 2.05) is 41.3 Å². The van der Waals surface area contributed by atoms with Gasteiger partial charge in [0.2, 0.25) is 17.8 Å². The number of nitrogens with two attached hydrogens (primary N) is 1. The third-order valence-corrected chi connectivity index (χ3v) is 6.25. The lowest BCUT2D eigenvalue weighted by molar-refractivity contribution is -0.139. The SMILES string of the molecule is C#C.N#CNC(N)=Nc1ccc2c(c1)oc1ccccc12.O=C(CN1CCCCCC1=O)N1CCCC1. The number of hydrogen-bond donors (Lipinski definition) is 2. The molecular weight excluding hydrogens is 468 g/mol. The lowest BCUT2D eigenvalue weighted by Crippen LogP contribution is -2.41. The third kappa shape index (κ3) is 7.25. The van der Waals surface area contributed by atoms with E-state index in [-0.39, 0.29) is 17.8 Å². The van der Waals surface area contributed by atoms with E-state index in [1.54, 1.807) is 17.2 Å². The van der Waals surface area contributed by atoms with E-state index in [0.29, 0.717) is 18.7 Å². The van der Waals surface area contributed by atoms with Crippen LogP contribution in [0, 0.1) is 24.3 Å². The van der Waals surface area contributed by atoms with Crippen molar-refractivity contribution in [3.8, 4) is 19.0 Å². The van der Waals surface area contributed by atoms with E-state index in [9.17, 15) is 9.59 Å². The average Bonchev–Trinajstić information content (AvgIpc) is 3.53. The minimum absolute atomic E-state index is 0.0537. The summed E-state index contributed by atoms with van der Waals surface area (Å²) in [6.07, 6.45) is 15.7. The number of likely N-dealkylation sites (tertiary alicyclic amines) is 2. The minimum Gasteiger partial charge on any atom is -0.456 e. The summed E-state index contributed by atoms with van der Waals surface area (Å²) in [6, 6.07) is 13.4. The molecule has 2 saturated heterocycles. The Labute approximate surface area is 216 Å². The van der Waals surface area contributed by atoms with Crippen molar-refractivity contribution in [2.45, 2.75) is 38.5 Å². The smallest absolute Gasteiger partial charge is 0.242 e. The topological polar surface area (TPSA) is 128 Å². The number of fused-ring (bicyclic) bond motifs is 3. The summed E-state index contributed by atoms with van der Waals surface area (Å²) in [7, 11) is 0. The number of amides is 2. The van der Waals surface area contributed by atoms with Gasteiger partial charge in [-0.05, 0) is 43.9 Å². The average molecular weight is 501 g/mol. The fraction of sp³-hybridized carbons (Fsp3) is 0.357. The van der Waals surface area contributed by atoms with Crippen LogP contribution in [0.5, 0.6) is 0 Å². The number of para-hydroxylation sites is 1. The van der Waals surface area contributed by atoms with Gasteiger partial charge < -0.3 is 20.0 Å². The molecule has 0 radical (unpaired) electrons. The molecule has 0 unspecified atom stereocenters. The summed E-state index contributed by atoms with van der Waals surface area (Å²) < 4.78 is 5.74. The fourth-order valence-corrected chi connectivity index (χ4v) is 4.44. The first-order chi connectivity index (χ1) is 18.0. The molecule has 0 bridgehead atoms. The van der Waals surface area contributed by atoms with Gasteiger partial charge in [-0.1, -0.05) is 24.6 Å². The molecule has 37 heavy (non-hydrogen) atoms. The first-order valence-corrected chi connectivity index (χ1v) is 12.3. The predicted molar refractivity (Wildman–Crippen MR) is 145 cm³/mol. The standard InChI is InChI=1S/C14H10N4O.C12H20N2O2.C2H2/c15-8-17-14(16)18-9-5-6-11-10-3-1-2-4-12(10)19-13(11)7-9;15-11-6-2-1-3-9-14(11)10-12(16)13-7-4-5-8-13;1-2/h1-7H,(H3,16,17,18);1-10H2;1-2H. The van der Waals surface area contributed by atoms with Crippen molar-refractivity contribution < 1.29 is 14.0 Å². The number of hydrogen-bond acceptors (Lipinski definition) is 5.